The monoisotopic (exact) mass is 475 g/mol. The maximum Gasteiger partial charge on any atom is 0.330 e. The summed E-state index contributed by atoms with van der Waals surface area (Å²) in [5, 5.41) is 0. The molecule has 0 amide bonds. The molecule has 0 N–H and O–H groups in total. The molecule has 0 radical (unpaired) electrons. The summed E-state index contributed by atoms with van der Waals surface area (Å²) in [6.07, 6.45) is 26.6. The molecule has 0 aromatic carbocycles. The zero-order valence-corrected chi connectivity index (χ0v) is 22.5. The quantitative estimate of drug-likeness (QED) is 0.0980. The van der Waals surface area contributed by atoms with Crippen molar-refractivity contribution < 1.29 is 14.3 Å². The third-order valence-electron chi connectivity index (χ3n) is 7.38. The Hall–Kier alpha value is -1.16. The van der Waals surface area contributed by atoms with Crippen LogP contribution >= 0.6 is 0 Å². The van der Waals surface area contributed by atoms with E-state index in [1.165, 1.54) is 77.0 Å². The lowest BCUT2D eigenvalue weighted by Gasteiger charge is -2.28. The Balaban J connectivity index is 1.49. The number of esters is 1. The van der Waals surface area contributed by atoms with Crippen molar-refractivity contribution in [3.05, 3.63) is 12.2 Å². The van der Waals surface area contributed by atoms with E-state index in [1.54, 1.807) is 6.08 Å². The second kappa shape index (κ2) is 18.2. The van der Waals surface area contributed by atoms with Crippen LogP contribution in [0.15, 0.2) is 17.1 Å². The standard InChI is InChI=1S/C30H53NO3/c1-4-5-6-7-8-9-10-11-22-33-29-19-14-27(15-20-29)23-31-28-17-12-26(13-18-28)16-21-30(32)34-24-25(2)3/h16,21,23,25-29H,4-15,17-20,22,24H2,1-3H3. The molecular weight excluding hydrogens is 422 g/mol. The van der Waals surface area contributed by atoms with Gasteiger partial charge in [0.15, 0.2) is 0 Å². The SMILES string of the molecule is CCCCCCCCCCOC1CCC(C=NC2CCC(C=CC(=O)OCC(C)C)CC2)CC1. The summed E-state index contributed by atoms with van der Waals surface area (Å²) < 4.78 is 11.4. The minimum atomic E-state index is -0.203. The highest BCUT2D eigenvalue weighted by Gasteiger charge is 2.22. The number of allylic oxidation sites excluding steroid dienone is 1. The summed E-state index contributed by atoms with van der Waals surface area (Å²) in [6.45, 7) is 7.83. The zero-order valence-electron chi connectivity index (χ0n) is 22.5. The summed E-state index contributed by atoms with van der Waals surface area (Å²) >= 11 is 0. The molecule has 2 saturated carbocycles. The third kappa shape index (κ3) is 13.7. The maximum atomic E-state index is 11.8. The highest BCUT2D eigenvalue weighted by atomic mass is 16.5. The number of ether oxygens (including phenoxy) is 2. The van der Waals surface area contributed by atoms with Crippen molar-refractivity contribution in [3.63, 3.8) is 0 Å². The molecule has 34 heavy (non-hydrogen) atoms. The van der Waals surface area contributed by atoms with Gasteiger partial charge in [0, 0.05) is 24.9 Å². The Morgan fingerprint density at radius 1 is 0.853 bits per heavy atom. The van der Waals surface area contributed by atoms with Crippen molar-refractivity contribution in [2.45, 2.75) is 136 Å². The first-order chi connectivity index (χ1) is 16.6. The topological polar surface area (TPSA) is 47.9 Å². The average molecular weight is 476 g/mol. The van der Waals surface area contributed by atoms with Crippen molar-refractivity contribution in [1.29, 1.82) is 0 Å². The Morgan fingerprint density at radius 3 is 2.12 bits per heavy atom. The number of nitrogens with zero attached hydrogens (tertiary/aromatic N) is 1. The van der Waals surface area contributed by atoms with E-state index < -0.39 is 0 Å². The number of hydrogen-bond donors (Lipinski definition) is 0. The molecule has 0 heterocycles. The highest BCUT2D eigenvalue weighted by Crippen LogP contribution is 2.29. The van der Waals surface area contributed by atoms with E-state index >= 15 is 0 Å². The maximum absolute atomic E-state index is 11.8. The largest absolute Gasteiger partial charge is 0.462 e. The number of aliphatic imine (C=N–C) groups is 1. The van der Waals surface area contributed by atoms with E-state index in [4.69, 9.17) is 14.5 Å². The first-order valence-electron chi connectivity index (χ1n) is 14.6. The van der Waals surface area contributed by atoms with E-state index in [0.717, 1.165) is 32.3 Å². The summed E-state index contributed by atoms with van der Waals surface area (Å²) in [5.41, 5.74) is 0. The number of carbonyl (C=O) groups excluding carboxylic acids is 1. The fourth-order valence-electron chi connectivity index (χ4n) is 5.09. The van der Waals surface area contributed by atoms with Gasteiger partial charge in [-0.1, -0.05) is 71.8 Å². The van der Waals surface area contributed by atoms with Crippen LogP contribution in [-0.2, 0) is 14.3 Å². The van der Waals surface area contributed by atoms with Crippen LogP contribution in [-0.4, -0.2) is 37.5 Å². The first-order valence-corrected chi connectivity index (χ1v) is 14.6. The van der Waals surface area contributed by atoms with Crippen LogP contribution in [0.25, 0.3) is 0 Å². The van der Waals surface area contributed by atoms with Crippen LogP contribution in [0.3, 0.4) is 0 Å². The Labute approximate surface area is 210 Å². The van der Waals surface area contributed by atoms with Gasteiger partial charge in [0.2, 0.25) is 0 Å². The molecule has 0 unspecified atom stereocenters. The lowest BCUT2D eigenvalue weighted by Crippen LogP contribution is -2.23. The molecule has 0 aromatic rings. The Morgan fingerprint density at radius 2 is 1.47 bits per heavy atom. The van der Waals surface area contributed by atoms with Gasteiger partial charge < -0.3 is 9.47 Å². The normalized spacial score (nSPS) is 26.0. The molecule has 2 fully saturated rings. The number of rotatable bonds is 16. The molecule has 0 aliphatic heterocycles. The predicted molar refractivity (Wildman–Crippen MR) is 143 cm³/mol. The summed E-state index contributed by atoms with van der Waals surface area (Å²) in [4.78, 5) is 16.7. The molecule has 0 spiro atoms. The van der Waals surface area contributed by atoms with E-state index in [1.807, 2.05) is 0 Å². The number of carbonyl (C=O) groups is 1. The van der Waals surface area contributed by atoms with Crippen LogP contribution in [0.5, 0.6) is 0 Å². The Bertz CT molecular complexity index is 570. The van der Waals surface area contributed by atoms with Gasteiger partial charge in [-0.2, -0.15) is 0 Å². The molecule has 2 aliphatic carbocycles. The number of hydrogen-bond acceptors (Lipinski definition) is 4. The summed E-state index contributed by atoms with van der Waals surface area (Å²) in [5.74, 6) is 1.31. The van der Waals surface area contributed by atoms with E-state index in [2.05, 4.69) is 33.1 Å². The molecule has 4 nitrogen and oxygen atoms in total. The average Bonchev–Trinajstić information content (AvgIpc) is 2.85. The van der Waals surface area contributed by atoms with Gasteiger partial charge in [-0.15, -0.1) is 0 Å². The van der Waals surface area contributed by atoms with Crippen molar-refractivity contribution >= 4 is 12.2 Å². The predicted octanol–water partition coefficient (Wildman–Crippen LogP) is 8.09. The van der Waals surface area contributed by atoms with Gasteiger partial charge in [-0.05, 0) is 75.5 Å². The van der Waals surface area contributed by atoms with E-state index in [0.29, 0.717) is 36.5 Å². The zero-order chi connectivity index (χ0) is 24.4. The fourth-order valence-corrected chi connectivity index (χ4v) is 5.09. The highest BCUT2D eigenvalue weighted by molar-refractivity contribution is 5.81. The van der Waals surface area contributed by atoms with Crippen LogP contribution in [0.1, 0.15) is 124 Å². The second-order valence-corrected chi connectivity index (χ2v) is 11.1. The smallest absolute Gasteiger partial charge is 0.330 e. The minimum absolute atomic E-state index is 0.203. The molecular formula is C30H53NO3. The van der Waals surface area contributed by atoms with E-state index in [9.17, 15) is 4.79 Å². The Kier molecular flexibility index (Phi) is 15.5. The first kappa shape index (κ1) is 29.1. The van der Waals surface area contributed by atoms with Gasteiger partial charge >= 0.3 is 5.97 Å². The van der Waals surface area contributed by atoms with Gasteiger partial charge in [0.25, 0.3) is 0 Å². The molecule has 0 bridgehead atoms. The minimum Gasteiger partial charge on any atom is -0.462 e. The molecule has 2 rings (SSSR count). The lowest BCUT2D eigenvalue weighted by atomic mass is 9.85. The van der Waals surface area contributed by atoms with E-state index in [-0.39, 0.29) is 5.97 Å². The third-order valence-corrected chi connectivity index (χ3v) is 7.38. The van der Waals surface area contributed by atoms with Gasteiger partial charge in [-0.3, -0.25) is 4.99 Å². The lowest BCUT2D eigenvalue weighted by molar-refractivity contribution is -0.138. The van der Waals surface area contributed by atoms with Crippen LogP contribution in [0.2, 0.25) is 0 Å². The summed E-state index contributed by atoms with van der Waals surface area (Å²) in [6, 6.07) is 0.466. The second-order valence-electron chi connectivity index (χ2n) is 11.1. The van der Waals surface area contributed by atoms with Gasteiger partial charge in [0.05, 0.1) is 12.7 Å². The van der Waals surface area contributed by atoms with Crippen LogP contribution in [0, 0.1) is 17.8 Å². The molecule has 0 saturated heterocycles. The van der Waals surface area contributed by atoms with Crippen molar-refractivity contribution in [2.24, 2.45) is 22.7 Å². The van der Waals surface area contributed by atoms with Crippen LogP contribution < -0.4 is 0 Å². The van der Waals surface area contributed by atoms with Gasteiger partial charge in [0.1, 0.15) is 0 Å². The summed E-state index contributed by atoms with van der Waals surface area (Å²) in [7, 11) is 0. The van der Waals surface area contributed by atoms with Crippen molar-refractivity contribution in [2.75, 3.05) is 13.2 Å². The van der Waals surface area contributed by atoms with Crippen molar-refractivity contribution in [3.8, 4) is 0 Å². The molecule has 196 valence electrons. The molecule has 4 heteroatoms. The number of unbranched alkanes of at least 4 members (excludes halogenated alkanes) is 7. The molecule has 0 aromatic heterocycles. The fraction of sp³-hybridized carbons (Fsp3) is 0.867. The molecule has 2 aliphatic rings. The molecule has 0 atom stereocenters. The van der Waals surface area contributed by atoms with Crippen LogP contribution in [0.4, 0.5) is 0 Å². The van der Waals surface area contributed by atoms with Gasteiger partial charge in [-0.25, -0.2) is 4.79 Å². The van der Waals surface area contributed by atoms with Crippen molar-refractivity contribution in [1.82, 2.24) is 0 Å².